The molecule has 0 saturated heterocycles. The highest BCUT2D eigenvalue weighted by Crippen LogP contribution is 2.05. The van der Waals surface area contributed by atoms with Crippen molar-refractivity contribution in [1.82, 2.24) is 4.90 Å². The van der Waals surface area contributed by atoms with Gasteiger partial charge in [0.1, 0.15) is 0 Å². The first-order chi connectivity index (χ1) is 7.38. The fourth-order valence-corrected chi connectivity index (χ4v) is 1.26. The maximum atomic E-state index is 11.3. The molecule has 0 aromatic carbocycles. The van der Waals surface area contributed by atoms with E-state index in [0.717, 1.165) is 0 Å². The lowest BCUT2D eigenvalue weighted by atomic mass is 10.1. The van der Waals surface area contributed by atoms with Crippen molar-refractivity contribution in [2.45, 2.75) is 33.7 Å². The number of rotatable bonds is 7. The number of aliphatic carboxylic acids is 1. The monoisotopic (exact) mass is 231 g/mol. The normalized spacial score (nSPS) is 12.9. The number of hydrogen-bond acceptors (Lipinski definition) is 4. The largest absolute Gasteiger partial charge is 0.481 e. The molecule has 0 aromatic rings. The van der Waals surface area contributed by atoms with Gasteiger partial charge in [0.15, 0.2) is 0 Å². The summed E-state index contributed by atoms with van der Waals surface area (Å²) in [5, 5.41) is 8.81. The summed E-state index contributed by atoms with van der Waals surface area (Å²) in [5.74, 6) is -1.65. The summed E-state index contributed by atoms with van der Waals surface area (Å²) < 4.78 is 4.84. The van der Waals surface area contributed by atoms with Gasteiger partial charge in [-0.25, -0.2) is 0 Å². The molecule has 1 atom stereocenters. The Morgan fingerprint density at radius 2 is 1.88 bits per heavy atom. The van der Waals surface area contributed by atoms with Crippen molar-refractivity contribution >= 4 is 11.9 Å². The molecular weight excluding hydrogens is 210 g/mol. The Balaban J connectivity index is 4.28. The zero-order chi connectivity index (χ0) is 12.7. The molecule has 0 heterocycles. The van der Waals surface area contributed by atoms with Gasteiger partial charge < -0.3 is 9.84 Å². The highest BCUT2D eigenvalue weighted by Gasteiger charge is 2.20. The lowest BCUT2D eigenvalue weighted by molar-refractivity contribution is -0.147. The van der Waals surface area contributed by atoms with Gasteiger partial charge in [0, 0.05) is 12.6 Å². The SMILES string of the molecule is CCOC(=O)CN(CC(C)C(=O)O)C(C)C. The summed E-state index contributed by atoms with van der Waals surface area (Å²) in [4.78, 5) is 23.8. The number of carboxylic acid groups (broad SMARTS) is 1. The smallest absolute Gasteiger partial charge is 0.320 e. The van der Waals surface area contributed by atoms with Crippen molar-refractivity contribution in [2.75, 3.05) is 19.7 Å². The average molecular weight is 231 g/mol. The molecule has 0 amide bonds. The molecule has 16 heavy (non-hydrogen) atoms. The van der Waals surface area contributed by atoms with E-state index in [-0.39, 0.29) is 18.6 Å². The standard InChI is InChI=1S/C11H21NO4/c1-5-16-10(13)7-12(8(2)3)6-9(4)11(14)15/h8-9H,5-7H2,1-4H3,(H,14,15). The quantitative estimate of drug-likeness (QED) is 0.662. The molecule has 0 aliphatic heterocycles. The van der Waals surface area contributed by atoms with Gasteiger partial charge in [-0.15, -0.1) is 0 Å². The average Bonchev–Trinajstić information content (AvgIpc) is 2.16. The third-order valence-corrected chi connectivity index (χ3v) is 2.30. The molecule has 5 nitrogen and oxygen atoms in total. The van der Waals surface area contributed by atoms with Crippen LogP contribution in [-0.4, -0.2) is 47.7 Å². The minimum atomic E-state index is -0.852. The van der Waals surface area contributed by atoms with Gasteiger partial charge >= 0.3 is 11.9 Å². The predicted octanol–water partition coefficient (Wildman–Crippen LogP) is 0.981. The van der Waals surface area contributed by atoms with E-state index in [4.69, 9.17) is 9.84 Å². The number of hydrogen-bond donors (Lipinski definition) is 1. The molecule has 0 spiro atoms. The summed E-state index contributed by atoms with van der Waals surface area (Å²) >= 11 is 0. The van der Waals surface area contributed by atoms with Crippen molar-refractivity contribution < 1.29 is 19.4 Å². The van der Waals surface area contributed by atoms with Crippen LogP contribution in [0.15, 0.2) is 0 Å². The van der Waals surface area contributed by atoms with Crippen LogP contribution in [0.1, 0.15) is 27.7 Å². The number of carbonyl (C=O) groups is 2. The Labute approximate surface area is 96.4 Å². The minimum Gasteiger partial charge on any atom is -0.481 e. The van der Waals surface area contributed by atoms with E-state index < -0.39 is 11.9 Å². The van der Waals surface area contributed by atoms with Crippen LogP contribution in [0.4, 0.5) is 0 Å². The highest BCUT2D eigenvalue weighted by molar-refractivity contribution is 5.72. The van der Waals surface area contributed by atoms with Crippen LogP contribution in [0.2, 0.25) is 0 Å². The van der Waals surface area contributed by atoms with Crippen LogP contribution in [0.25, 0.3) is 0 Å². The molecule has 0 aliphatic carbocycles. The molecule has 0 bridgehead atoms. The molecule has 0 aliphatic rings. The first kappa shape index (κ1) is 14.9. The Hall–Kier alpha value is -1.10. The van der Waals surface area contributed by atoms with Gasteiger partial charge in [-0.05, 0) is 20.8 Å². The number of esters is 1. The van der Waals surface area contributed by atoms with Gasteiger partial charge in [0.2, 0.25) is 0 Å². The Kier molecular flexibility index (Phi) is 6.72. The molecular formula is C11H21NO4. The summed E-state index contributed by atoms with van der Waals surface area (Å²) in [7, 11) is 0. The van der Waals surface area contributed by atoms with E-state index in [1.165, 1.54) is 0 Å². The Bertz CT molecular complexity index is 240. The molecule has 5 heteroatoms. The van der Waals surface area contributed by atoms with Crippen LogP contribution >= 0.6 is 0 Å². The third-order valence-electron chi connectivity index (χ3n) is 2.30. The van der Waals surface area contributed by atoms with Crippen LogP contribution in [0.5, 0.6) is 0 Å². The number of carbonyl (C=O) groups excluding carboxylic acids is 1. The van der Waals surface area contributed by atoms with Gasteiger partial charge in [-0.3, -0.25) is 14.5 Å². The second-order valence-corrected chi connectivity index (χ2v) is 4.07. The summed E-state index contributed by atoms with van der Waals surface area (Å²) in [6.07, 6.45) is 0. The zero-order valence-corrected chi connectivity index (χ0v) is 10.4. The minimum absolute atomic E-state index is 0.117. The lowest BCUT2D eigenvalue weighted by Gasteiger charge is -2.26. The summed E-state index contributed by atoms with van der Waals surface area (Å²) in [6.45, 7) is 8.07. The van der Waals surface area contributed by atoms with Crippen molar-refractivity contribution in [2.24, 2.45) is 5.92 Å². The number of ether oxygens (including phenoxy) is 1. The highest BCUT2D eigenvalue weighted by atomic mass is 16.5. The molecule has 0 radical (unpaired) electrons. The first-order valence-electron chi connectivity index (χ1n) is 5.50. The van der Waals surface area contributed by atoms with Gasteiger partial charge in [0.25, 0.3) is 0 Å². The molecule has 0 aromatic heterocycles. The molecule has 0 fully saturated rings. The van der Waals surface area contributed by atoms with Gasteiger partial charge in [-0.2, -0.15) is 0 Å². The molecule has 0 saturated carbocycles. The van der Waals surface area contributed by atoms with Crippen LogP contribution in [0, 0.1) is 5.92 Å². The summed E-state index contributed by atoms with van der Waals surface area (Å²) in [5.41, 5.74) is 0. The third kappa shape index (κ3) is 5.70. The first-order valence-corrected chi connectivity index (χ1v) is 5.50. The molecule has 1 unspecified atom stereocenters. The fourth-order valence-electron chi connectivity index (χ4n) is 1.26. The molecule has 1 N–H and O–H groups in total. The fraction of sp³-hybridized carbons (Fsp3) is 0.818. The van der Waals surface area contributed by atoms with E-state index >= 15 is 0 Å². The van der Waals surface area contributed by atoms with Crippen molar-refractivity contribution in [1.29, 1.82) is 0 Å². The van der Waals surface area contributed by atoms with E-state index in [1.54, 1.807) is 18.7 Å². The zero-order valence-electron chi connectivity index (χ0n) is 10.4. The van der Waals surface area contributed by atoms with E-state index in [1.807, 2.05) is 13.8 Å². The second kappa shape index (κ2) is 7.22. The maximum Gasteiger partial charge on any atom is 0.320 e. The Morgan fingerprint density at radius 1 is 1.31 bits per heavy atom. The van der Waals surface area contributed by atoms with E-state index in [9.17, 15) is 9.59 Å². The second-order valence-electron chi connectivity index (χ2n) is 4.07. The van der Waals surface area contributed by atoms with Crippen molar-refractivity contribution in [3.8, 4) is 0 Å². The van der Waals surface area contributed by atoms with E-state index in [0.29, 0.717) is 13.2 Å². The Morgan fingerprint density at radius 3 is 2.25 bits per heavy atom. The van der Waals surface area contributed by atoms with Crippen molar-refractivity contribution in [3.05, 3.63) is 0 Å². The summed E-state index contributed by atoms with van der Waals surface area (Å²) in [6, 6.07) is 0.117. The number of carboxylic acids is 1. The van der Waals surface area contributed by atoms with Gasteiger partial charge in [-0.1, -0.05) is 6.92 Å². The van der Waals surface area contributed by atoms with Crippen LogP contribution in [-0.2, 0) is 14.3 Å². The van der Waals surface area contributed by atoms with Gasteiger partial charge in [0.05, 0.1) is 19.1 Å². The predicted molar refractivity (Wildman–Crippen MR) is 60.1 cm³/mol. The topological polar surface area (TPSA) is 66.8 Å². The maximum absolute atomic E-state index is 11.3. The molecule has 94 valence electrons. The molecule has 0 rings (SSSR count). The van der Waals surface area contributed by atoms with Crippen LogP contribution < -0.4 is 0 Å². The number of nitrogens with zero attached hydrogens (tertiary/aromatic N) is 1. The lowest BCUT2D eigenvalue weighted by Crippen LogP contribution is -2.40. The van der Waals surface area contributed by atoms with Crippen molar-refractivity contribution in [3.63, 3.8) is 0 Å². The van der Waals surface area contributed by atoms with E-state index in [2.05, 4.69) is 0 Å². The van der Waals surface area contributed by atoms with Crippen LogP contribution in [0.3, 0.4) is 0 Å².